The first-order valence-electron chi connectivity index (χ1n) is 8.13. The third-order valence-corrected chi connectivity index (χ3v) is 4.24. The Hall–Kier alpha value is -1.75. The van der Waals surface area contributed by atoms with Crippen molar-refractivity contribution in [1.82, 2.24) is 10.2 Å². The van der Waals surface area contributed by atoms with Gasteiger partial charge in [-0.25, -0.2) is 0 Å². The number of likely N-dealkylation sites (tertiary alicyclic amines) is 1. The lowest BCUT2D eigenvalue weighted by atomic mass is 10.0. The number of nitrogens with one attached hydrogen (secondary N) is 1. The Labute approximate surface area is 161 Å². The molecule has 0 radical (unpaired) electrons. The van der Waals surface area contributed by atoms with E-state index in [1.807, 2.05) is 12.1 Å². The van der Waals surface area contributed by atoms with E-state index in [1.54, 1.807) is 18.2 Å². The fraction of sp³-hybridized carbons (Fsp3) is 0.316. The predicted octanol–water partition coefficient (Wildman–Crippen LogP) is 3.51. The number of nitrogen functional groups attached to an aromatic ring is 1. The van der Waals surface area contributed by atoms with E-state index < -0.39 is 0 Å². The molecule has 0 spiro atoms. The molecule has 2 aromatic carbocycles. The topological polar surface area (TPSA) is 58.4 Å². The maximum Gasteiger partial charge on any atom is 0.251 e. The van der Waals surface area contributed by atoms with Crippen molar-refractivity contribution >= 4 is 36.4 Å². The lowest BCUT2D eigenvalue weighted by molar-refractivity contribution is 0.0901. The van der Waals surface area contributed by atoms with Crippen LogP contribution < -0.4 is 11.1 Å². The standard InChI is InChI=1S/C19H23N3O.2ClH/c20-17-9-4-8-16(12-17)19(23)21-18-10-5-11-22(14-18)13-15-6-2-1-3-7-15;;/h1-4,6-9,12,18H,5,10-11,13-14,20H2,(H,21,23);2*1H. The van der Waals surface area contributed by atoms with Crippen LogP contribution in [-0.2, 0) is 6.54 Å². The minimum Gasteiger partial charge on any atom is -0.399 e. The van der Waals surface area contributed by atoms with Crippen LogP contribution >= 0.6 is 24.8 Å². The summed E-state index contributed by atoms with van der Waals surface area (Å²) >= 11 is 0. The Balaban J connectivity index is 0.00000156. The number of carbonyl (C=O) groups is 1. The van der Waals surface area contributed by atoms with Gasteiger partial charge in [-0.2, -0.15) is 0 Å². The van der Waals surface area contributed by atoms with Gasteiger partial charge >= 0.3 is 0 Å². The van der Waals surface area contributed by atoms with E-state index >= 15 is 0 Å². The minimum absolute atomic E-state index is 0. The molecule has 1 fully saturated rings. The fourth-order valence-electron chi connectivity index (χ4n) is 3.11. The third kappa shape index (κ3) is 6.24. The van der Waals surface area contributed by atoms with E-state index in [9.17, 15) is 4.79 Å². The van der Waals surface area contributed by atoms with Gasteiger partial charge in [0, 0.05) is 30.4 Å². The van der Waals surface area contributed by atoms with Crippen molar-refractivity contribution < 1.29 is 4.79 Å². The van der Waals surface area contributed by atoms with Crippen LogP contribution in [0.25, 0.3) is 0 Å². The van der Waals surface area contributed by atoms with E-state index in [2.05, 4.69) is 34.5 Å². The van der Waals surface area contributed by atoms with Crippen LogP contribution in [0, 0.1) is 0 Å². The number of hydrogen-bond acceptors (Lipinski definition) is 3. The first-order chi connectivity index (χ1) is 11.2. The molecule has 6 heteroatoms. The molecule has 1 aliphatic rings. The van der Waals surface area contributed by atoms with E-state index in [1.165, 1.54) is 5.56 Å². The Morgan fingerprint density at radius 3 is 2.60 bits per heavy atom. The normalized spacial score (nSPS) is 17.0. The average molecular weight is 382 g/mol. The lowest BCUT2D eigenvalue weighted by Crippen LogP contribution is -2.47. The van der Waals surface area contributed by atoms with Crippen LogP contribution in [0.5, 0.6) is 0 Å². The van der Waals surface area contributed by atoms with Crippen LogP contribution in [0.1, 0.15) is 28.8 Å². The van der Waals surface area contributed by atoms with Crippen molar-refractivity contribution in [2.24, 2.45) is 0 Å². The number of rotatable bonds is 4. The molecule has 1 amide bonds. The molecule has 25 heavy (non-hydrogen) atoms. The van der Waals surface area contributed by atoms with Crippen LogP contribution in [0.15, 0.2) is 54.6 Å². The highest BCUT2D eigenvalue weighted by Gasteiger charge is 2.21. The molecule has 0 saturated carbocycles. The average Bonchev–Trinajstić information content (AvgIpc) is 2.56. The van der Waals surface area contributed by atoms with E-state index in [-0.39, 0.29) is 36.8 Å². The number of amides is 1. The Kier molecular flexibility index (Phi) is 8.76. The quantitative estimate of drug-likeness (QED) is 0.796. The molecule has 4 nitrogen and oxygen atoms in total. The molecule has 1 saturated heterocycles. The first-order valence-corrected chi connectivity index (χ1v) is 8.13. The molecule has 0 aromatic heterocycles. The van der Waals surface area contributed by atoms with Crippen LogP contribution in [-0.4, -0.2) is 29.9 Å². The summed E-state index contributed by atoms with van der Waals surface area (Å²) in [6, 6.07) is 17.8. The monoisotopic (exact) mass is 381 g/mol. The zero-order chi connectivity index (χ0) is 16.1. The SMILES string of the molecule is Cl.Cl.Nc1cccc(C(=O)NC2CCCN(Cc3ccccc3)C2)c1. The largest absolute Gasteiger partial charge is 0.399 e. The molecular formula is C19H25Cl2N3O. The highest BCUT2D eigenvalue weighted by atomic mass is 35.5. The zero-order valence-corrected chi connectivity index (χ0v) is 15.7. The van der Waals surface area contributed by atoms with Gasteiger partial charge in [-0.15, -0.1) is 24.8 Å². The summed E-state index contributed by atoms with van der Waals surface area (Å²) in [5.74, 6) is -0.0381. The van der Waals surface area contributed by atoms with E-state index in [0.29, 0.717) is 11.3 Å². The molecule has 3 N–H and O–H groups in total. The Morgan fingerprint density at radius 2 is 1.88 bits per heavy atom. The second kappa shape index (κ2) is 10.3. The van der Waals surface area contributed by atoms with Crippen LogP contribution in [0.3, 0.4) is 0 Å². The molecule has 0 aliphatic carbocycles. The number of hydrogen-bond donors (Lipinski definition) is 2. The molecule has 1 heterocycles. The van der Waals surface area contributed by atoms with Gasteiger partial charge in [-0.3, -0.25) is 9.69 Å². The molecule has 1 unspecified atom stereocenters. The van der Waals surface area contributed by atoms with E-state index in [0.717, 1.165) is 32.5 Å². The maximum atomic E-state index is 12.3. The third-order valence-electron chi connectivity index (χ3n) is 4.24. The lowest BCUT2D eigenvalue weighted by Gasteiger charge is -2.33. The summed E-state index contributed by atoms with van der Waals surface area (Å²) in [6.07, 6.45) is 2.13. The number of nitrogens with zero attached hydrogens (tertiary/aromatic N) is 1. The Bertz CT molecular complexity index is 667. The van der Waals surface area contributed by atoms with Crippen molar-refractivity contribution in [1.29, 1.82) is 0 Å². The number of piperidine rings is 1. The summed E-state index contributed by atoms with van der Waals surface area (Å²) in [7, 11) is 0. The van der Waals surface area contributed by atoms with Crippen LogP contribution in [0.2, 0.25) is 0 Å². The van der Waals surface area contributed by atoms with Crippen LogP contribution in [0.4, 0.5) is 5.69 Å². The number of nitrogens with two attached hydrogens (primary N) is 1. The molecular weight excluding hydrogens is 357 g/mol. The molecule has 1 atom stereocenters. The van der Waals surface area contributed by atoms with E-state index in [4.69, 9.17) is 5.73 Å². The zero-order valence-electron chi connectivity index (χ0n) is 14.1. The predicted molar refractivity (Wildman–Crippen MR) is 108 cm³/mol. The van der Waals surface area contributed by atoms with Gasteiger partial charge in [0.1, 0.15) is 0 Å². The van der Waals surface area contributed by atoms with Gasteiger partial charge in [-0.1, -0.05) is 36.4 Å². The molecule has 136 valence electrons. The fourth-order valence-corrected chi connectivity index (χ4v) is 3.11. The molecule has 3 rings (SSSR count). The highest BCUT2D eigenvalue weighted by molar-refractivity contribution is 5.95. The van der Waals surface area contributed by atoms with Crippen molar-refractivity contribution in [2.75, 3.05) is 18.8 Å². The Morgan fingerprint density at radius 1 is 1.12 bits per heavy atom. The second-order valence-electron chi connectivity index (χ2n) is 6.16. The van der Waals surface area contributed by atoms with Crippen molar-refractivity contribution in [3.05, 3.63) is 65.7 Å². The van der Waals surface area contributed by atoms with Crippen molar-refractivity contribution in [3.63, 3.8) is 0 Å². The van der Waals surface area contributed by atoms with Gasteiger partial charge in [-0.05, 0) is 43.1 Å². The van der Waals surface area contributed by atoms with Crippen molar-refractivity contribution in [3.8, 4) is 0 Å². The van der Waals surface area contributed by atoms with Gasteiger partial charge in [0.25, 0.3) is 5.91 Å². The summed E-state index contributed by atoms with van der Waals surface area (Å²) in [5, 5.41) is 3.14. The van der Waals surface area contributed by atoms with Gasteiger partial charge in [0.15, 0.2) is 0 Å². The summed E-state index contributed by atoms with van der Waals surface area (Å²) < 4.78 is 0. The summed E-state index contributed by atoms with van der Waals surface area (Å²) in [6.45, 7) is 2.91. The maximum absolute atomic E-state index is 12.3. The van der Waals surface area contributed by atoms with Gasteiger partial charge < -0.3 is 11.1 Å². The number of carbonyl (C=O) groups excluding carboxylic acids is 1. The smallest absolute Gasteiger partial charge is 0.251 e. The summed E-state index contributed by atoms with van der Waals surface area (Å²) in [5.41, 5.74) is 8.31. The molecule has 0 bridgehead atoms. The second-order valence-corrected chi connectivity index (χ2v) is 6.16. The molecule has 2 aromatic rings. The first kappa shape index (κ1) is 21.3. The minimum atomic E-state index is -0.0381. The number of halogens is 2. The number of benzene rings is 2. The highest BCUT2D eigenvalue weighted by Crippen LogP contribution is 2.15. The number of anilines is 1. The van der Waals surface area contributed by atoms with Gasteiger partial charge in [0.05, 0.1) is 0 Å². The summed E-state index contributed by atoms with van der Waals surface area (Å²) in [4.78, 5) is 14.8. The van der Waals surface area contributed by atoms with Gasteiger partial charge in [0.2, 0.25) is 0 Å². The van der Waals surface area contributed by atoms with Crippen molar-refractivity contribution in [2.45, 2.75) is 25.4 Å². The molecule has 1 aliphatic heterocycles.